The van der Waals surface area contributed by atoms with Crippen LogP contribution in [0.2, 0.25) is 0 Å². The van der Waals surface area contributed by atoms with Crippen LogP contribution in [0.1, 0.15) is 17.7 Å². The Hall–Kier alpha value is -2.14. The number of carbonyl (C=O) groups excluding carboxylic acids is 1. The molecular formula is C17H15BrN2O2. The van der Waals surface area contributed by atoms with Gasteiger partial charge in [-0.1, -0.05) is 33.6 Å². The van der Waals surface area contributed by atoms with Gasteiger partial charge in [-0.15, -0.1) is 0 Å². The van der Waals surface area contributed by atoms with E-state index in [0.717, 1.165) is 39.2 Å². The van der Waals surface area contributed by atoms with Gasteiger partial charge in [0, 0.05) is 40.8 Å². The van der Waals surface area contributed by atoms with Crippen LogP contribution in [0, 0.1) is 0 Å². The van der Waals surface area contributed by atoms with E-state index in [-0.39, 0.29) is 5.91 Å². The van der Waals surface area contributed by atoms with Gasteiger partial charge in [0.1, 0.15) is 5.75 Å². The number of fused-ring (bicyclic) bond motifs is 1. The Bertz CT molecular complexity index is 756. The molecule has 0 unspecified atom stereocenters. The predicted octanol–water partition coefficient (Wildman–Crippen LogP) is 3.82. The highest BCUT2D eigenvalue weighted by atomic mass is 79.9. The molecule has 3 rings (SSSR count). The summed E-state index contributed by atoms with van der Waals surface area (Å²) in [6.45, 7) is 0. The summed E-state index contributed by atoms with van der Waals surface area (Å²) in [5.41, 5.74) is 3.89. The van der Waals surface area contributed by atoms with E-state index in [4.69, 9.17) is 4.74 Å². The molecule has 5 heteroatoms. The van der Waals surface area contributed by atoms with Crippen molar-refractivity contribution in [1.82, 2.24) is 4.98 Å². The largest absolute Gasteiger partial charge is 0.497 e. The molecule has 1 aliphatic rings. The molecule has 4 nitrogen and oxygen atoms in total. The van der Waals surface area contributed by atoms with Gasteiger partial charge in [-0.2, -0.15) is 0 Å². The highest BCUT2D eigenvalue weighted by Crippen LogP contribution is 2.31. The minimum atomic E-state index is -0.0385. The van der Waals surface area contributed by atoms with Crippen molar-refractivity contribution >= 4 is 33.6 Å². The number of nitrogens with one attached hydrogen (secondary N) is 1. The van der Waals surface area contributed by atoms with Crippen LogP contribution in [-0.2, 0) is 11.2 Å². The zero-order chi connectivity index (χ0) is 15.5. The predicted molar refractivity (Wildman–Crippen MR) is 89.9 cm³/mol. The van der Waals surface area contributed by atoms with Gasteiger partial charge in [0.05, 0.1) is 12.8 Å². The van der Waals surface area contributed by atoms with Crippen molar-refractivity contribution in [3.8, 4) is 5.75 Å². The maximum Gasteiger partial charge on any atom is 0.228 e. The van der Waals surface area contributed by atoms with Gasteiger partial charge in [0.25, 0.3) is 0 Å². The molecule has 0 radical (unpaired) electrons. The first-order valence-electron chi connectivity index (χ1n) is 6.92. The lowest BCUT2D eigenvalue weighted by Crippen LogP contribution is -2.12. The van der Waals surface area contributed by atoms with Crippen LogP contribution in [0.3, 0.4) is 0 Å². The summed E-state index contributed by atoms with van der Waals surface area (Å²) < 4.78 is 6.16. The molecule has 1 heterocycles. The van der Waals surface area contributed by atoms with Crippen LogP contribution in [0.4, 0.5) is 5.69 Å². The molecule has 0 bridgehead atoms. The van der Waals surface area contributed by atoms with E-state index in [1.54, 1.807) is 19.4 Å². The van der Waals surface area contributed by atoms with Crippen molar-refractivity contribution < 1.29 is 9.53 Å². The first-order valence-corrected chi connectivity index (χ1v) is 7.72. The number of pyridine rings is 1. The summed E-state index contributed by atoms with van der Waals surface area (Å²) in [5.74, 6) is 0.682. The zero-order valence-electron chi connectivity index (χ0n) is 12.1. The minimum Gasteiger partial charge on any atom is -0.497 e. The molecular weight excluding hydrogens is 344 g/mol. The molecule has 22 heavy (non-hydrogen) atoms. The van der Waals surface area contributed by atoms with Crippen LogP contribution in [0.15, 0.2) is 46.6 Å². The highest BCUT2D eigenvalue weighted by molar-refractivity contribution is 9.10. The van der Waals surface area contributed by atoms with Gasteiger partial charge in [0.2, 0.25) is 5.91 Å². The number of anilines is 1. The van der Waals surface area contributed by atoms with E-state index in [0.29, 0.717) is 6.42 Å². The van der Waals surface area contributed by atoms with Crippen molar-refractivity contribution in [2.75, 3.05) is 12.4 Å². The molecule has 0 fully saturated rings. The Kier molecular flexibility index (Phi) is 4.24. The number of benzene rings is 1. The summed E-state index contributed by atoms with van der Waals surface area (Å²) in [6, 6.07) is 9.24. The maximum absolute atomic E-state index is 12.2. The average Bonchev–Trinajstić information content (AvgIpc) is 2.91. The molecule has 0 spiro atoms. The number of rotatable bonds is 4. The van der Waals surface area contributed by atoms with Crippen molar-refractivity contribution in [3.63, 3.8) is 0 Å². The van der Waals surface area contributed by atoms with E-state index < -0.39 is 0 Å². The SMILES string of the molecule is COc1cccc(NC(=O)CC2=Cc3c(Br)ccnc3C2)c1. The number of methoxy groups -OCH3 is 1. The fraction of sp³-hybridized carbons (Fsp3) is 0.176. The number of halogens is 1. The van der Waals surface area contributed by atoms with Crippen molar-refractivity contribution in [1.29, 1.82) is 0 Å². The normalized spacial score (nSPS) is 12.5. The van der Waals surface area contributed by atoms with Crippen molar-refractivity contribution in [3.05, 3.63) is 57.8 Å². The number of hydrogen-bond acceptors (Lipinski definition) is 3. The summed E-state index contributed by atoms with van der Waals surface area (Å²) in [4.78, 5) is 16.5. The van der Waals surface area contributed by atoms with Gasteiger partial charge >= 0.3 is 0 Å². The standard InChI is InChI=1S/C17H15BrN2O2/c1-22-13-4-2-3-12(10-13)20-17(21)9-11-7-14-15(18)5-6-19-16(14)8-11/h2-7,10H,8-9H2,1H3,(H,20,21). The quantitative estimate of drug-likeness (QED) is 0.903. The number of carbonyl (C=O) groups is 1. The Morgan fingerprint density at radius 3 is 3.05 bits per heavy atom. The Morgan fingerprint density at radius 1 is 1.41 bits per heavy atom. The third-order valence-electron chi connectivity index (χ3n) is 3.50. The summed E-state index contributed by atoms with van der Waals surface area (Å²) in [6.07, 6.45) is 4.90. The number of nitrogens with zero attached hydrogens (tertiary/aromatic N) is 1. The second-order valence-electron chi connectivity index (χ2n) is 5.09. The fourth-order valence-electron chi connectivity index (χ4n) is 2.48. The highest BCUT2D eigenvalue weighted by Gasteiger charge is 2.18. The van der Waals surface area contributed by atoms with Crippen LogP contribution >= 0.6 is 15.9 Å². The number of hydrogen-bond donors (Lipinski definition) is 1. The molecule has 0 aliphatic heterocycles. The third-order valence-corrected chi connectivity index (χ3v) is 4.20. The van der Waals surface area contributed by atoms with Crippen LogP contribution in [-0.4, -0.2) is 18.0 Å². The number of ether oxygens (including phenoxy) is 1. The molecule has 0 saturated heterocycles. The van der Waals surface area contributed by atoms with Gasteiger partial charge in [0.15, 0.2) is 0 Å². The molecule has 0 atom stereocenters. The van der Waals surface area contributed by atoms with Gasteiger partial charge in [-0.25, -0.2) is 0 Å². The topological polar surface area (TPSA) is 51.2 Å². The second-order valence-corrected chi connectivity index (χ2v) is 5.94. The molecule has 1 N–H and O–H groups in total. The van der Waals surface area contributed by atoms with E-state index in [1.807, 2.05) is 30.3 Å². The maximum atomic E-state index is 12.2. The molecule has 112 valence electrons. The molecule has 1 aromatic carbocycles. The zero-order valence-corrected chi connectivity index (χ0v) is 13.7. The minimum absolute atomic E-state index is 0.0385. The summed E-state index contributed by atoms with van der Waals surface area (Å²) in [5, 5.41) is 2.89. The first-order chi connectivity index (χ1) is 10.7. The van der Waals surface area contributed by atoms with Gasteiger partial charge in [-0.05, 0) is 18.2 Å². The lowest BCUT2D eigenvalue weighted by atomic mass is 10.1. The van der Waals surface area contributed by atoms with Gasteiger partial charge in [-0.3, -0.25) is 9.78 Å². The number of aromatic nitrogens is 1. The van der Waals surface area contributed by atoms with Crippen molar-refractivity contribution in [2.24, 2.45) is 0 Å². The molecule has 1 aliphatic carbocycles. The Morgan fingerprint density at radius 2 is 2.27 bits per heavy atom. The van der Waals surface area contributed by atoms with Gasteiger partial charge < -0.3 is 10.1 Å². The monoisotopic (exact) mass is 358 g/mol. The van der Waals surface area contributed by atoms with Crippen LogP contribution in [0.5, 0.6) is 5.75 Å². The van der Waals surface area contributed by atoms with Crippen molar-refractivity contribution in [2.45, 2.75) is 12.8 Å². The van der Waals surface area contributed by atoms with E-state index >= 15 is 0 Å². The molecule has 2 aromatic rings. The second kappa shape index (κ2) is 6.32. The Labute approximate surface area is 137 Å². The lowest BCUT2D eigenvalue weighted by molar-refractivity contribution is -0.115. The first kappa shape index (κ1) is 14.8. The molecule has 0 saturated carbocycles. The average molecular weight is 359 g/mol. The smallest absolute Gasteiger partial charge is 0.228 e. The summed E-state index contributed by atoms with van der Waals surface area (Å²) >= 11 is 3.51. The molecule has 1 aromatic heterocycles. The fourth-order valence-corrected chi connectivity index (χ4v) is 2.94. The Balaban J connectivity index is 1.66. The van der Waals surface area contributed by atoms with E-state index in [2.05, 4.69) is 26.2 Å². The lowest BCUT2D eigenvalue weighted by Gasteiger charge is -2.07. The van der Waals surface area contributed by atoms with E-state index in [9.17, 15) is 4.79 Å². The van der Waals surface area contributed by atoms with Crippen LogP contribution in [0.25, 0.3) is 6.08 Å². The number of amides is 1. The van der Waals surface area contributed by atoms with E-state index in [1.165, 1.54) is 0 Å². The third kappa shape index (κ3) is 3.20. The molecule has 1 amide bonds. The summed E-state index contributed by atoms with van der Waals surface area (Å²) in [7, 11) is 1.60. The van der Waals surface area contributed by atoms with Crippen LogP contribution < -0.4 is 10.1 Å².